The van der Waals surface area contributed by atoms with Crippen molar-refractivity contribution in [2.24, 2.45) is 0 Å². The lowest BCUT2D eigenvalue weighted by atomic mass is 10.1. The molecule has 0 heterocycles. The molecule has 20 heavy (non-hydrogen) atoms. The van der Waals surface area contributed by atoms with Crippen LogP contribution in [-0.2, 0) is 11.2 Å². The number of nitrogens with one attached hydrogen (secondary N) is 1. The largest absolute Gasteiger partial charge is 0.326 e. The summed E-state index contributed by atoms with van der Waals surface area (Å²) >= 11 is 3.00. The molecular weight excluding hydrogens is 335 g/mol. The molecule has 2 rings (SSSR count). The highest BCUT2D eigenvalue weighted by molar-refractivity contribution is 9.10. The molecule has 0 radical (unpaired) electrons. The van der Waals surface area contributed by atoms with Crippen LogP contribution in [0.3, 0.4) is 0 Å². The van der Waals surface area contributed by atoms with E-state index in [0.29, 0.717) is 11.3 Å². The van der Waals surface area contributed by atoms with Crippen LogP contribution >= 0.6 is 15.9 Å². The van der Waals surface area contributed by atoms with Crippen molar-refractivity contribution in [3.8, 4) is 0 Å². The minimum Gasteiger partial charge on any atom is -0.326 e. The van der Waals surface area contributed by atoms with E-state index in [4.69, 9.17) is 0 Å². The third-order valence-corrected chi connectivity index (χ3v) is 3.20. The second-order valence-corrected chi connectivity index (χ2v) is 4.96. The molecule has 0 fully saturated rings. The third-order valence-electron chi connectivity index (χ3n) is 2.55. The first kappa shape index (κ1) is 14.6. The zero-order valence-corrected chi connectivity index (χ0v) is 11.7. The van der Waals surface area contributed by atoms with Gasteiger partial charge in [-0.3, -0.25) is 4.79 Å². The van der Waals surface area contributed by atoms with E-state index < -0.39 is 23.4 Å². The average Bonchev–Trinajstić information content (AvgIpc) is 2.38. The van der Waals surface area contributed by atoms with Gasteiger partial charge in [-0.05, 0) is 51.8 Å². The van der Waals surface area contributed by atoms with Crippen molar-refractivity contribution in [2.45, 2.75) is 6.42 Å². The fraction of sp³-hybridized carbons (Fsp3) is 0.0714. The molecule has 1 N–H and O–H groups in total. The van der Waals surface area contributed by atoms with E-state index in [1.165, 1.54) is 18.2 Å². The van der Waals surface area contributed by atoms with Crippen LogP contribution in [0.2, 0.25) is 0 Å². The molecule has 0 aliphatic heterocycles. The topological polar surface area (TPSA) is 29.1 Å². The number of carbonyl (C=O) groups is 1. The van der Waals surface area contributed by atoms with Crippen molar-refractivity contribution in [1.29, 1.82) is 0 Å². The quantitative estimate of drug-likeness (QED) is 0.894. The van der Waals surface area contributed by atoms with Crippen molar-refractivity contribution in [3.05, 3.63) is 63.9 Å². The highest BCUT2D eigenvalue weighted by Crippen LogP contribution is 2.19. The van der Waals surface area contributed by atoms with Gasteiger partial charge in [-0.2, -0.15) is 0 Å². The molecule has 2 aromatic carbocycles. The lowest BCUT2D eigenvalue weighted by Gasteiger charge is -2.06. The van der Waals surface area contributed by atoms with Crippen molar-refractivity contribution in [1.82, 2.24) is 0 Å². The van der Waals surface area contributed by atoms with E-state index in [-0.39, 0.29) is 10.9 Å². The maximum Gasteiger partial charge on any atom is 0.228 e. The van der Waals surface area contributed by atoms with Gasteiger partial charge in [0.05, 0.1) is 10.9 Å². The Hall–Kier alpha value is -1.82. The Morgan fingerprint density at radius 3 is 2.40 bits per heavy atom. The van der Waals surface area contributed by atoms with Crippen molar-refractivity contribution >= 4 is 27.5 Å². The number of benzene rings is 2. The Morgan fingerprint density at radius 2 is 1.75 bits per heavy atom. The lowest BCUT2D eigenvalue weighted by molar-refractivity contribution is -0.115. The van der Waals surface area contributed by atoms with Crippen LogP contribution in [0.25, 0.3) is 0 Å². The molecule has 0 aliphatic rings. The highest BCUT2D eigenvalue weighted by Gasteiger charge is 2.08. The number of anilines is 1. The number of carbonyl (C=O) groups excluding carboxylic acids is 1. The van der Waals surface area contributed by atoms with Crippen molar-refractivity contribution < 1.29 is 18.0 Å². The summed E-state index contributed by atoms with van der Waals surface area (Å²) in [7, 11) is 0. The molecule has 0 saturated heterocycles. The molecule has 0 aromatic heterocycles. The fourth-order valence-electron chi connectivity index (χ4n) is 1.61. The normalized spacial score (nSPS) is 10.4. The second-order valence-electron chi connectivity index (χ2n) is 4.10. The lowest BCUT2D eigenvalue weighted by Crippen LogP contribution is -2.14. The molecule has 0 saturated carbocycles. The van der Waals surface area contributed by atoms with Crippen LogP contribution < -0.4 is 5.32 Å². The van der Waals surface area contributed by atoms with Gasteiger partial charge in [0.2, 0.25) is 5.91 Å². The molecule has 2 aromatic rings. The fourth-order valence-corrected chi connectivity index (χ4v) is 1.86. The van der Waals surface area contributed by atoms with E-state index in [9.17, 15) is 18.0 Å². The minimum absolute atomic E-state index is 0.130. The first-order chi connectivity index (χ1) is 9.45. The summed E-state index contributed by atoms with van der Waals surface area (Å²) in [6, 6.07) is 7.38. The predicted octanol–water partition coefficient (Wildman–Crippen LogP) is 4.05. The van der Waals surface area contributed by atoms with Gasteiger partial charge in [-0.15, -0.1) is 0 Å². The Bertz CT molecular complexity index is 605. The Balaban J connectivity index is 2.04. The van der Waals surface area contributed by atoms with E-state index in [0.717, 1.165) is 18.2 Å². The molecule has 0 aliphatic carbocycles. The summed E-state index contributed by atoms with van der Waals surface area (Å²) < 4.78 is 39.3. The maximum absolute atomic E-state index is 13.3. The molecule has 6 heteroatoms. The highest BCUT2D eigenvalue weighted by atomic mass is 79.9. The zero-order valence-electron chi connectivity index (χ0n) is 10.1. The van der Waals surface area contributed by atoms with Crippen LogP contribution in [0, 0.1) is 17.5 Å². The Kier molecular flexibility index (Phi) is 4.44. The summed E-state index contributed by atoms with van der Waals surface area (Å²) in [6.45, 7) is 0. The van der Waals surface area contributed by atoms with Gasteiger partial charge >= 0.3 is 0 Å². The second kappa shape index (κ2) is 6.09. The van der Waals surface area contributed by atoms with Crippen LogP contribution in [0.4, 0.5) is 18.9 Å². The van der Waals surface area contributed by atoms with Gasteiger partial charge in [0.15, 0.2) is 11.6 Å². The number of rotatable bonds is 3. The molecular formula is C14H9BrF3NO. The number of hydrogen-bond acceptors (Lipinski definition) is 1. The van der Waals surface area contributed by atoms with Crippen LogP contribution in [0.15, 0.2) is 40.9 Å². The number of amides is 1. The molecule has 2 nitrogen and oxygen atoms in total. The van der Waals surface area contributed by atoms with Gasteiger partial charge in [0.1, 0.15) is 5.82 Å². The molecule has 0 bridgehead atoms. The monoisotopic (exact) mass is 343 g/mol. The van der Waals surface area contributed by atoms with Gasteiger partial charge in [-0.25, -0.2) is 13.2 Å². The molecule has 104 valence electrons. The summed E-state index contributed by atoms with van der Waals surface area (Å²) in [5.41, 5.74) is 0.622. The smallest absolute Gasteiger partial charge is 0.228 e. The number of hydrogen-bond donors (Lipinski definition) is 1. The summed E-state index contributed by atoms with van der Waals surface area (Å²) in [5, 5.41) is 2.48. The Labute approximate surface area is 121 Å². The van der Waals surface area contributed by atoms with Gasteiger partial charge < -0.3 is 5.32 Å². The zero-order chi connectivity index (χ0) is 14.7. The van der Waals surface area contributed by atoms with E-state index in [1.807, 2.05) is 0 Å². The first-order valence-electron chi connectivity index (χ1n) is 5.64. The van der Waals surface area contributed by atoms with E-state index in [1.54, 1.807) is 0 Å². The Morgan fingerprint density at radius 1 is 1.00 bits per heavy atom. The third kappa shape index (κ3) is 3.60. The first-order valence-corrected chi connectivity index (χ1v) is 6.44. The molecule has 0 atom stereocenters. The molecule has 0 unspecified atom stereocenters. The van der Waals surface area contributed by atoms with E-state index >= 15 is 0 Å². The maximum atomic E-state index is 13.3. The van der Waals surface area contributed by atoms with Crippen molar-refractivity contribution in [2.75, 3.05) is 5.32 Å². The summed E-state index contributed by atoms with van der Waals surface area (Å²) in [6.07, 6.45) is -0.130. The van der Waals surface area contributed by atoms with Crippen molar-refractivity contribution in [3.63, 3.8) is 0 Å². The SMILES string of the molecule is O=C(Cc1ccc(F)c(F)c1)Nc1ccc(Br)c(F)c1. The van der Waals surface area contributed by atoms with E-state index in [2.05, 4.69) is 21.2 Å². The standard InChI is InChI=1S/C14H9BrF3NO/c15-10-3-2-9(7-12(10)17)19-14(20)6-8-1-4-11(16)13(18)5-8/h1-5,7H,6H2,(H,19,20). The molecule has 0 spiro atoms. The van der Waals surface area contributed by atoms with Gasteiger partial charge in [0.25, 0.3) is 0 Å². The predicted molar refractivity (Wildman–Crippen MR) is 72.8 cm³/mol. The molecule has 1 amide bonds. The average molecular weight is 344 g/mol. The number of halogens is 4. The van der Waals surface area contributed by atoms with Crippen LogP contribution in [0.1, 0.15) is 5.56 Å². The van der Waals surface area contributed by atoms with Crippen LogP contribution in [-0.4, -0.2) is 5.91 Å². The summed E-state index contributed by atoms with van der Waals surface area (Å²) in [5.74, 6) is -2.93. The minimum atomic E-state index is -1.01. The van der Waals surface area contributed by atoms with Gasteiger partial charge in [-0.1, -0.05) is 6.07 Å². The van der Waals surface area contributed by atoms with Crippen LogP contribution in [0.5, 0.6) is 0 Å². The summed E-state index contributed by atoms with van der Waals surface area (Å²) in [4.78, 5) is 11.7. The van der Waals surface area contributed by atoms with Gasteiger partial charge in [0, 0.05) is 5.69 Å².